The Morgan fingerprint density at radius 1 is 1.00 bits per heavy atom. The van der Waals surface area contributed by atoms with Crippen molar-refractivity contribution in [2.75, 3.05) is 20.1 Å². The van der Waals surface area contributed by atoms with Gasteiger partial charge in [-0.25, -0.2) is 5.43 Å². The van der Waals surface area contributed by atoms with Gasteiger partial charge in [0.15, 0.2) is 0 Å². The molecule has 0 radical (unpaired) electrons. The summed E-state index contributed by atoms with van der Waals surface area (Å²) in [7, 11) is 2.14. The molecule has 1 aliphatic heterocycles. The lowest BCUT2D eigenvalue weighted by Crippen LogP contribution is -2.30. The molecule has 2 unspecified atom stereocenters. The van der Waals surface area contributed by atoms with E-state index >= 15 is 0 Å². The van der Waals surface area contributed by atoms with Crippen molar-refractivity contribution in [3.8, 4) is 11.1 Å². The molecule has 5 nitrogen and oxygen atoms in total. The van der Waals surface area contributed by atoms with Crippen molar-refractivity contribution in [3.63, 3.8) is 0 Å². The minimum absolute atomic E-state index is 0.305. The highest BCUT2D eigenvalue weighted by Gasteiger charge is 2.29. The molecular weight excluding hydrogens is 334 g/mol. The molecule has 4 rings (SSSR count). The van der Waals surface area contributed by atoms with Gasteiger partial charge >= 0.3 is 0 Å². The van der Waals surface area contributed by atoms with Crippen molar-refractivity contribution in [1.29, 1.82) is 0 Å². The molecule has 1 aliphatic rings. The molecule has 0 bridgehead atoms. The molecule has 2 N–H and O–H groups in total. The van der Waals surface area contributed by atoms with E-state index in [-0.39, 0.29) is 0 Å². The first kappa shape index (κ1) is 17.8. The molecule has 0 spiro atoms. The summed E-state index contributed by atoms with van der Waals surface area (Å²) in [6, 6.07) is 19.7. The zero-order chi connectivity index (χ0) is 18.5. The predicted octanol–water partition coefficient (Wildman–Crippen LogP) is 3.04. The molecule has 27 heavy (non-hydrogen) atoms. The molecule has 2 atom stereocenters. The smallest absolute Gasteiger partial charge is 0.0726 e. The molecule has 1 saturated heterocycles. The first-order chi connectivity index (χ1) is 13.3. The van der Waals surface area contributed by atoms with Crippen LogP contribution in [0.2, 0.25) is 0 Å². The first-order valence-corrected chi connectivity index (χ1v) is 9.37. The maximum atomic E-state index is 4.37. The third kappa shape index (κ3) is 4.39. The van der Waals surface area contributed by atoms with E-state index in [2.05, 4.69) is 81.3 Å². The lowest BCUT2D eigenvalue weighted by molar-refractivity contribution is 0.259. The van der Waals surface area contributed by atoms with Gasteiger partial charge in [-0.1, -0.05) is 54.6 Å². The SMILES string of the molecule is CN(Cc1cnccn1)CC1CNNC1c1ccc(-c2ccccc2)cc1. The van der Waals surface area contributed by atoms with Crippen LogP contribution in [0, 0.1) is 5.92 Å². The van der Waals surface area contributed by atoms with Gasteiger partial charge in [-0.05, 0) is 23.7 Å². The van der Waals surface area contributed by atoms with Gasteiger partial charge in [-0.2, -0.15) is 0 Å². The summed E-state index contributed by atoms with van der Waals surface area (Å²) < 4.78 is 0. The van der Waals surface area contributed by atoms with Gasteiger partial charge in [-0.15, -0.1) is 0 Å². The van der Waals surface area contributed by atoms with E-state index in [4.69, 9.17) is 0 Å². The summed E-state index contributed by atoms with van der Waals surface area (Å²) in [4.78, 5) is 10.8. The largest absolute Gasteiger partial charge is 0.300 e. The van der Waals surface area contributed by atoms with Gasteiger partial charge in [0.05, 0.1) is 11.7 Å². The summed E-state index contributed by atoms with van der Waals surface area (Å²) in [6.45, 7) is 2.75. The third-order valence-corrected chi connectivity index (χ3v) is 5.06. The highest BCUT2D eigenvalue weighted by atomic mass is 15.4. The van der Waals surface area contributed by atoms with Gasteiger partial charge in [-0.3, -0.25) is 15.4 Å². The lowest BCUT2D eigenvalue weighted by Gasteiger charge is -2.24. The average molecular weight is 359 g/mol. The fourth-order valence-corrected chi connectivity index (χ4v) is 3.73. The van der Waals surface area contributed by atoms with Crippen LogP contribution in [0.25, 0.3) is 11.1 Å². The van der Waals surface area contributed by atoms with Crippen LogP contribution in [0.15, 0.2) is 73.2 Å². The Kier molecular flexibility index (Phi) is 5.53. The van der Waals surface area contributed by atoms with E-state index in [0.717, 1.165) is 25.3 Å². The summed E-state index contributed by atoms with van der Waals surface area (Å²) >= 11 is 0. The Morgan fingerprint density at radius 2 is 1.78 bits per heavy atom. The monoisotopic (exact) mass is 359 g/mol. The molecule has 0 amide bonds. The summed E-state index contributed by atoms with van der Waals surface area (Å²) in [5.41, 5.74) is 11.6. The van der Waals surface area contributed by atoms with Gasteiger partial charge in [0, 0.05) is 44.1 Å². The number of hydrogen-bond donors (Lipinski definition) is 2. The molecule has 3 aromatic rings. The van der Waals surface area contributed by atoms with Gasteiger partial charge < -0.3 is 4.90 Å². The first-order valence-electron chi connectivity index (χ1n) is 9.37. The second-order valence-electron chi connectivity index (χ2n) is 7.14. The molecule has 1 fully saturated rings. The molecule has 0 saturated carbocycles. The van der Waals surface area contributed by atoms with Crippen LogP contribution in [0.5, 0.6) is 0 Å². The molecule has 2 heterocycles. The molecule has 0 aliphatic carbocycles. The van der Waals surface area contributed by atoms with Crippen molar-refractivity contribution in [1.82, 2.24) is 25.7 Å². The van der Waals surface area contributed by atoms with Crippen molar-refractivity contribution < 1.29 is 0 Å². The van der Waals surface area contributed by atoms with E-state index in [1.807, 2.05) is 12.3 Å². The highest BCUT2D eigenvalue weighted by molar-refractivity contribution is 5.63. The van der Waals surface area contributed by atoms with E-state index < -0.39 is 0 Å². The number of nitrogens with one attached hydrogen (secondary N) is 2. The Morgan fingerprint density at radius 3 is 2.52 bits per heavy atom. The van der Waals surface area contributed by atoms with Crippen molar-refractivity contribution in [3.05, 3.63) is 84.4 Å². The van der Waals surface area contributed by atoms with Crippen LogP contribution in [0.1, 0.15) is 17.3 Å². The topological polar surface area (TPSA) is 53.1 Å². The minimum atomic E-state index is 0.305. The average Bonchev–Trinajstić information content (AvgIpc) is 3.17. The normalized spacial score (nSPS) is 19.5. The maximum absolute atomic E-state index is 4.37. The standard InChI is InChI=1S/C22H25N5/c1-27(16-21-14-23-11-12-24-21)15-20-13-25-26-22(20)19-9-7-18(8-10-19)17-5-3-2-4-6-17/h2-12,14,20,22,25-26H,13,15-16H2,1H3. The van der Waals surface area contributed by atoms with Crippen LogP contribution in [0.3, 0.4) is 0 Å². The molecule has 1 aromatic heterocycles. The lowest BCUT2D eigenvalue weighted by atomic mass is 9.93. The third-order valence-electron chi connectivity index (χ3n) is 5.06. The van der Waals surface area contributed by atoms with E-state index in [0.29, 0.717) is 12.0 Å². The molecular formula is C22H25N5. The zero-order valence-corrected chi connectivity index (χ0v) is 15.5. The van der Waals surface area contributed by atoms with Crippen LogP contribution in [-0.4, -0.2) is 35.0 Å². The second kappa shape index (κ2) is 8.39. The number of nitrogens with zero attached hydrogens (tertiary/aromatic N) is 3. The number of benzene rings is 2. The predicted molar refractivity (Wildman–Crippen MR) is 108 cm³/mol. The Labute approximate surface area is 160 Å². The molecule has 5 heteroatoms. The highest BCUT2D eigenvalue weighted by Crippen LogP contribution is 2.28. The minimum Gasteiger partial charge on any atom is -0.300 e. The van der Waals surface area contributed by atoms with E-state index in [1.165, 1.54) is 16.7 Å². The van der Waals surface area contributed by atoms with Gasteiger partial charge in [0.25, 0.3) is 0 Å². The Balaban J connectivity index is 1.42. The fourth-order valence-electron chi connectivity index (χ4n) is 3.73. The molecule has 2 aromatic carbocycles. The summed E-state index contributed by atoms with van der Waals surface area (Å²) in [6.07, 6.45) is 5.30. The Hall–Kier alpha value is -2.60. The van der Waals surface area contributed by atoms with Crippen molar-refractivity contribution in [2.24, 2.45) is 5.92 Å². The van der Waals surface area contributed by atoms with E-state index in [9.17, 15) is 0 Å². The number of rotatable bonds is 6. The van der Waals surface area contributed by atoms with Gasteiger partial charge in [0.1, 0.15) is 0 Å². The van der Waals surface area contributed by atoms with Crippen molar-refractivity contribution in [2.45, 2.75) is 12.6 Å². The number of hydrazine groups is 1. The summed E-state index contributed by atoms with van der Waals surface area (Å²) in [5.74, 6) is 0.495. The fraction of sp³-hybridized carbons (Fsp3) is 0.273. The van der Waals surface area contributed by atoms with E-state index in [1.54, 1.807) is 12.4 Å². The number of hydrogen-bond acceptors (Lipinski definition) is 5. The van der Waals surface area contributed by atoms with Crippen LogP contribution in [-0.2, 0) is 6.54 Å². The quantitative estimate of drug-likeness (QED) is 0.708. The molecule has 138 valence electrons. The van der Waals surface area contributed by atoms with Crippen LogP contribution < -0.4 is 10.9 Å². The van der Waals surface area contributed by atoms with Crippen LogP contribution >= 0.6 is 0 Å². The second-order valence-corrected chi connectivity index (χ2v) is 7.14. The van der Waals surface area contributed by atoms with Crippen molar-refractivity contribution >= 4 is 0 Å². The maximum Gasteiger partial charge on any atom is 0.0726 e. The Bertz CT molecular complexity index is 836. The zero-order valence-electron chi connectivity index (χ0n) is 15.5. The summed E-state index contributed by atoms with van der Waals surface area (Å²) in [5, 5.41) is 0. The van der Waals surface area contributed by atoms with Crippen LogP contribution in [0.4, 0.5) is 0 Å². The van der Waals surface area contributed by atoms with Gasteiger partial charge in [0.2, 0.25) is 0 Å². The number of aromatic nitrogens is 2.